The van der Waals surface area contributed by atoms with E-state index in [2.05, 4.69) is 20.2 Å². The maximum absolute atomic E-state index is 12.9. The molecule has 116 valence electrons. The zero-order valence-electron chi connectivity index (χ0n) is 12.0. The van der Waals surface area contributed by atoms with E-state index in [1.807, 2.05) is 0 Å². The minimum Gasteiger partial charge on any atom is -0.448 e. The van der Waals surface area contributed by atoms with Crippen molar-refractivity contribution in [1.82, 2.24) is 20.2 Å². The van der Waals surface area contributed by atoms with Crippen LogP contribution in [0.25, 0.3) is 11.5 Å². The number of rotatable bonds is 4. The largest absolute Gasteiger partial charge is 0.448 e. The zero-order chi connectivity index (χ0) is 16.2. The van der Waals surface area contributed by atoms with Gasteiger partial charge in [-0.05, 0) is 31.2 Å². The molecule has 0 aliphatic carbocycles. The molecule has 0 unspecified atom stereocenters. The molecular weight excluding hydrogens is 303 g/mol. The van der Waals surface area contributed by atoms with Crippen LogP contribution in [0.3, 0.4) is 0 Å². The van der Waals surface area contributed by atoms with Crippen molar-refractivity contribution in [3.63, 3.8) is 0 Å². The van der Waals surface area contributed by atoms with E-state index in [0.29, 0.717) is 5.56 Å². The number of esters is 1. The summed E-state index contributed by atoms with van der Waals surface area (Å²) >= 11 is 0. The highest BCUT2D eigenvalue weighted by atomic mass is 19.1. The fourth-order valence-electron chi connectivity index (χ4n) is 1.78. The maximum Gasteiger partial charge on any atom is 0.359 e. The summed E-state index contributed by atoms with van der Waals surface area (Å²) in [6, 6.07) is 5.61. The molecule has 0 amide bonds. The summed E-state index contributed by atoms with van der Waals surface area (Å²) in [5.74, 6) is -0.671. The number of nitrogens with zero attached hydrogens (tertiary/aromatic N) is 4. The van der Waals surface area contributed by atoms with Crippen LogP contribution in [0.5, 0.6) is 0 Å². The van der Waals surface area contributed by atoms with E-state index in [4.69, 9.17) is 9.15 Å². The van der Waals surface area contributed by atoms with E-state index in [0.717, 1.165) is 0 Å². The molecule has 8 heteroatoms. The zero-order valence-corrected chi connectivity index (χ0v) is 12.0. The lowest BCUT2D eigenvalue weighted by Crippen LogP contribution is -2.11. The van der Waals surface area contributed by atoms with Crippen LogP contribution in [0.15, 0.2) is 47.3 Å². The van der Waals surface area contributed by atoms with Gasteiger partial charge in [-0.2, -0.15) is 0 Å². The Morgan fingerprint density at radius 2 is 2.00 bits per heavy atom. The fourth-order valence-corrected chi connectivity index (χ4v) is 1.78. The minimum absolute atomic E-state index is 0.0811. The van der Waals surface area contributed by atoms with Crippen LogP contribution in [0, 0.1) is 5.82 Å². The van der Waals surface area contributed by atoms with Crippen LogP contribution < -0.4 is 0 Å². The van der Waals surface area contributed by atoms with Crippen LogP contribution in [0.4, 0.5) is 4.39 Å². The molecule has 0 bridgehead atoms. The highest BCUT2D eigenvalue weighted by Crippen LogP contribution is 2.23. The Balaban J connectivity index is 1.72. The van der Waals surface area contributed by atoms with Gasteiger partial charge in [-0.1, -0.05) is 0 Å². The molecule has 23 heavy (non-hydrogen) atoms. The van der Waals surface area contributed by atoms with Gasteiger partial charge in [0.1, 0.15) is 5.82 Å². The molecule has 0 radical (unpaired) electrons. The van der Waals surface area contributed by atoms with Crippen LogP contribution in [-0.2, 0) is 4.74 Å². The molecule has 1 aromatic carbocycles. The van der Waals surface area contributed by atoms with Crippen molar-refractivity contribution < 1.29 is 18.3 Å². The summed E-state index contributed by atoms with van der Waals surface area (Å²) in [5, 5.41) is 7.70. The SMILES string of the molecule is C[C@@H](OC(=O)c1cnccn1)c1nnc(-c2ccc(F)cc2)o1. The Morgan fingerprint density at radius 1 is 1.22 bits per heavy atom. The number of halogens is 1. The normalized spacial score (nSPS) is 11.9. The summed E-state index contributed by atoms with van der Waals surface area (Å²) < 4.78 is 23.5. The highest BCUT2D eigenvalue weighted by Gasteiger charge is 2.20. The van der Waals surface area contributed by atoms with Crippen molar-refractivity contribution in [1.29, 1.82) is 0 Å². The summed E-state index contributed by atoms with van der Waals surface area (Å²) in [4.78, 5) is 19.5. The molecule has 2 aromatic heterocycles. The Kier molecular flexibility index (Phi) is 4.05. The Morgan fingerprint density at radius 3 is 2.70 bits per heavy atom. The van der Waals surface area contributed by atoms with Gasteiger partial charge >= 0.3 is 5.97 Å². The van der Waals surface area contributed by atoms with Crippen LogP contribution in [0.2, 0.25) is 0 Å². The summed E-state index contributed by atoms with van der Waals surface area (Å²) in [6.07, 6.45) is 3.38. The second kappa shape index (κ2) is 6.30. The molecule has 0 N–H and O–H groups in total. The van der Waals surface area contributed by atoms with Gasteiger partial charge in [0.25, 0.3) is 5.89 Å². The smallest absolute Gasteiger partial charge is 0.359 e. The van der Waals surface area contributed by atoms with E-state index in [1.165, 1.54) is 42.9 Å². The fraction of sp³-hybridized carbons (Fsp3) is 0.133. The quantitative estimate of drug-likeness (QED) is 0.683. The van der Waals surface area contributed by atoms with Crippen molar-refractivity contribution in [2.45, 2.75) is 13.0 Å². The molecule has 3 aromatic rings. The Bertz CT molecular complexity index is 805. The number of aromatic nitrogens is 4. The number of hydrogen-bond acceptors (Lipinski definition) is 7. The van der Waals surface area contributed by atoms with Gasteiger partial charge in [0.15, 0.2) is 11.8 Å². The third-order valence-corrected chi connectivity index (χ3v) is 2.94. The van der Waals surface area contributed by atoms with E-state index < -0.39 is 12.1 Å². The average Bonchev–Trinajstić information content (AvgIpc) is 3.06. The van der Waals surface area contributed by atoms with Crippen molar-refractivity contribution in [2.75, 3.05) is 0 Å². The first-order valence-electron chi connectivity index (χ1n) is 6.70. The highest BCUT2D eigenvalue weighted by molar-refractivity contribution is 5.86. The molecule has 2 heterocycles. The van der Waals surface area contributed by atoms with Crippen molar-refractivity contribution >= 4 is 5.97 Å². The Labute approximate surface area is 130 Å². The molecule has 0 saturated carbocycles. The molecular formula is C15H11FN4O3. The first-order chi connectivity index (χ1) is 11.1. The number of benzene rings is 1. The van der Waals surface area contributed by atoms with Crippen molar-refractivity contribution in [3.8, 4) is 11.5 Å². The lowest BCUT2D eigenvalue weighted by molar-refractivity contribution is 0.0272. The van der Waals surface area contributed by atoms with Crippen LogP contribution >= 0.6 is 0 Å². The monoisotopic (exact) mass is 314 g/mol. The molecule has 3 rings (SSSR count). The van der Waals surface area contributed by atoms with Gasteiger partial charge in [0.05, 0.1) is 6.20 Å². The van der Waals surface area contributed by atoms with E-state index in [1.54, 1.807) is 6.92 Å². The van der Waals surface area contributed by atoms with Gasteiger partial charge in [0.2, 0.25) is 5.89 Å². The molecule has 0 aliphatic heterocycles. The molecule has 0 aliphatic rings. The van der Waals surface area contributed by atoms with Gasteiger partial charge in [-0.3, -0.25) is 4.98 Å². The standard InChI is InChI=1S/C15H11FN4O3/c1-9(22-15(21)12-8-17-6-7-18-12)13-19-20-14(23-13)10-2-4-11(16)5-3-10/h2-9H,1H3/t9-/m1/s1. The van der Waals surface area contributed by atoms with Gasteiger partial charge < -0.3 is 9.15 Å². The van der Waals surface area contributed by atoms with E-state index in [-0.39, 0.29) is 23.3 Å². The number of ether oxygens (including phenoxy) is 1. The predicted molar refractivity (Wildman–Crippen MR) is 75.6 cm³/mol. The van der Waals surface area contributed by atoms with Gasteiger partial charge in [0, 0.05) is 18.0 Å². The van der Waals surface area contributed by atoms with Gasteiger partial charge in [-0.15, -0.1) is 10.2 Å². The van der Waals surface area contributed by atoms with Crippen molar-refractivity contribution in [3.05, 3.63) is 60.3 Å². The molecule has 0 saturated heterocycles. The van der Waals surface area contributed by atoms with Crippen molar-refractivity contribution in [2.24, 2.45) is 0 Å². The first-order valence-corrected chi connectivity index (χ1v) is 6.70. The first kappa shape index (κ1) is 14.8. The number of hydrogen-bond donors (Lipinski definition) is 0. The number of carbonyl (C=O) groups excluding carboxylic acids is 1. The number of carbonyl (C=O) groups is 1. The predicted octanol–water partition coefficient (Wildman–Crippen LogP) is 2.58. The van der Waals surface area contributed by atoms with Crippen LogP contribution in [0.1, 0.15) is 29.4 Å². The summed E-state index contributed by atoms with van der Waals surface area (Å²) in [5.41, 5.74) is 0.648. The molecule has 0 spiro atoms. The molecule has 7 nitrogen and oxygen atoms in total. The van der Waals surface area contributed by atoms with Gasteiger partial charge in [-0.25, -0.2) is 14.2 Å². The second-order valence-electron chi connectivity index (χ2n) is 4.59. The lowest BCUT2D eigenvalue weighted by atomic mass is 10.2. The minimum atomic E-state index is -0.758. The second-order valence-corrected chi connectivity index (χ2v) is 4.59. The molecule has 0 fully saturated rings. The maximum atomic E-state index is 12.9. The lowest BCUT2D eigenvalue weighted by Gasteiger charge is -2.08. The summed E-state index contributed by atoms with van der Waals surface area (Å²) in [7, 11) is 0. The molecule has 1 atom stereocenters. The third-order valence-electron chi connectivity index (χ3n) is 2.94. The topological polar surface area (TPSA) is 91.0 Å². The van der Waals surface area contributed by atoms with Crippen LogP contribution in [-0.4, -0.2) is 26.1 Å². The summed E-state index contributed by atoms with van der Waals surface area (Å²) in [6.45, 7) is 1.59. The van der Waals surface area contributed by atoms with E-state index >= 15 is 0 Å². The van der Waals surface area contributed by atoms with E-state index in [9.17, 15) is 9.18 Å². The Hall–Kier alpha value is -3.16. The third kappa shape index (κ3) is 3.37. The average molecular weight is 314 g/mol.